The monoisotopic (exact) mass is 346 g/mol. The topological polar surface area (TPSA) is 55.8 Å². The molecule has 1 heterocycles. The zero-order chi connectivity index (χ0) is 17.3. The molecular formula is C21H30O4. The van der Waals surface area contributed by atoms with Crippen molar-refractivity contribution in [1.29, 1.82) is 0 Å². The fraction of sp³-hybridized carbons (Fsp3) is 0.857. The number of hydrogen-bond donors (Lipinski definition) is 1. The number of hydrogen-bond acceptors (Lipinski definition) is 4. The van der Waals surface area contributed by atoms with Gasteiger partial charge in [-0.25, -0.2) is 0 Å². The first kappa shape index (κ1) is 16.5. The van der Waals surface area contributed by atoms with Crippen LogP contribution < -0.4 is 0 Å². The number of carbonyl (C=O) groups is 1. The Morgan fingerprint density at radius 1 is 1.16 bits per heavy atom. The highest BCUT2D eigenvalue weighted by molar-refractivity contribution is 5.87. The van der Waals surface area contributed by atoms with Crippen LogP contribution in [0.5, 0.6) is 0 Å². The van der Waals surface area contributed by atoms with Crippen molar-refractivity contribution in [2.45, 2.75) is 64.1 Å². The highest BCUT2D eigenvalue weighted by Crippen LogP contribution is 2.65. The van der Waals surface area contributed by atoms with Crippen molar-refractivity contribution in [3.05, 3.63) is 11.6 Å². The molecule has 0 bridgehead atoms. The average Bonchev–Trinajstić information content (AvgIpc) is 3.19. The van der Waals surface area contributed by atoms with Crippen molar-refractivity contribution in [2.75, 3.05) is 19.8 Å². The van der Waals surface area contributed by atoms with Gasteiger partial charge in [0.1, 0.15) is 5.78 Å². The summed E-state index contributed by atoms with van der Waals surface area (Å²) in [6, 6.07) is 0. The van der Waals surface area contributed by atoms with Crippen molar-refractivity contribution in [1.82, 2.24) is 0 Å². The van der Waals surface area contributed by atoms with Crippen molar-refractivity contribution < 1.29 is 19.4 Å². The van der Waals surface area contributed by atoms with Gasteiger partial charge in [-0.05, 0) is 49.9 Å². The number of allylic oxidation sites excluding steroid dienone is 1. The molecule has 0 radical (unpaired) electrons. The number of ketones is 1. The molecule has 25 heavy (non-hydrogen) atoms. The minimum atomic E-state index is -0.427. The Hall–Kier alpha value is -0.710. The standard InChI is InChI=1S/C21H30O4/c1-19-7-6-17-15(16(19)4-5-18(19)23)3-2-14-12-21(24-10-11-25-21)9-8-20(14,17)13-22/h2,15-17,22H,3-13H2,1H3/t15-,16-,17-,19-,20+/m0/s1. The van der Waals surface area contributed by atoms with E-state index in [4.69, 9.17) is 9.47 Å². The first-order valence-corrected chi connectivity index (χ1v) is 10.1. The fourth-order valence-corrected chi connectivity index (χ4v) is 7.22. The molecule has 0 aromatic rings. The highest BCUT2D eigenvalue weighted by Gasteiger charge is 2.61. The summed E-state index contributed by atoms with van der Waals surface area (Å²) in [6.45, 7) is 3.82. The van der Waals surface area contributed by atoms with Gasteiger partial charge in [0.15, 0.2) is 5.79 Å². The Balaban J connectivity index is 1.50. The molecule has 4 nitrogen and oxygen atoms in total. The molecule has 1 spiro atoms. The zero-order valence-electron chi connectivity index (χ0n) is 15.3. The second-order valence-corrected chi connectivity index (χ2v) is 9.36. The maximum atomic E-state index is 12.5. The van der Waals surface area contributed by atoms with E-state index in [1.165, 1.54) is 5.57 Å². The van der Waals surface area contributed by atoms with Crippen molar-refractivity contribution in [2.24, 2.45) is 28.6 Å². The van der Waals surface area contributed by atoms with Crippen LogP contribution in [0.3, 0.4) is 0 Å². The summed E-state index contributed by atoms with van der Waals surface area (Å²) in [5.74, 6) is 1.64. The molecule has 0 aromatic carbocycles. The van der Waals surface area contributed by atoms with Gasteiger partial charge < -0.3 is 14.6 Å². The minimum absolute atomic E-state index is 0.100. The molecule has 1 N–H and O–H groups in total. The summed E-state index contributed by atoms with van der Waals surface area (Å²) in [6.07, 6.45) is 10.00. The Kier molecular flexibility index (Phi) is 3.56. The molecule has 5 aliphatic rings. The lowest BCUT2D eigenvalue weighted by Crippen LogP contribution is -2.54. The third-order valence-electron chi connectivity index (χ3n) is 8.64. The van der Waals surface area contributed by atoms with Gasteiger partial charge in [-0.1, -0.05) is 18.6 Å². The second-order valence-electron chi connectivity index (χ2n) is 9.36. The molecule has 138 valence electrons. The molecule has 0 aromatic heterocycles. The van der Waals surface area contributed by atoms with Gasteiger partial charge in [0.2, 0.25) is 0 Å². The van der Waals surface area contributed by atoms with Crippen LogP contribution in [0.1, 0.15) is 58.3 Å². The summed E-state index contributed by atoms with van der Waals surface area (Å²) in [4.78, 5) is 12.5. The summed E-state index contributed by atoms with van der Waals surface area (Å²) in [5.41, 5.74) is 1.17. The first-order chi connectivity index (χ1) is 12.0. The van der Waals surface area contributed by atoms with Gasteiger partial charge in [0, 0.05) is 30.1 Å². The summed E-state index contributed by atoms with van der Waals surface area (Å²) < 4.78 is 11.9. The van der Waals surface area contributed by atoms with E-state index in [2.05, 4.69) is 13.0 Å². The fourth-order valence-electron chi connectivity index (χ4n) is 7.22. The lowest BCUT2D eigenvalue weighted by atomic mass is 9.47. The van der Waals surface area contributed by atoms with Crippen LogP contribution in [0, 0.1) is 28.6 Å². The van der Waals surface area contributed by atoms with Crippen LogP contribution in [0.2, 0.25) is 0 Å². The number of ether oxygens (including phenoxy) is 2. The molecule has 5 rings (SSSR count). The van der Waals surface area contributed by atoms with E-state index in [9.17, 15) is 9.90 Å². The van der Waals surface area contributed by atoms with Crippen LogP contribution in [0.15, 0.2) is 11.6 Å². The smallest absolute Gasteiger partial charge is 0.172 e. The number of Topliss-reactive ketones (excluding diaryl/α,β-unsaturated/α-hetero) is 1. The van der Waals surface area contributed by atoms with Crippen LogP contribution in [-0.4, -0.2) is 36.5 Å². The van der Waals surface area contributed by atoms with Gasteiger partial charge in [0.25, 0.3) is 0 Å². The van der Waals surface area contributed by atoms with E-state index in [0.29, 0.717) is 36.8 Å². The largest absolute Gasteiger partial charge is 0.395 e. The van der Waals surface area contributed by atoms with Crippen LogP contribution in [0.25, 0.3) is 0 Å². The molecule has 4 fully saturated rings. The van der Waals surface area contributed by atoms with Crippen LogP contribution in [0.4, 0.5) is 0 Å². The molecule has 0 unspecified atom stereocenters. The maximum Gasteiger partial charge on any atom is 0.172 e. The van der Waals surface area contributed by atoms with Gasteiger partial charge in [-0.2, -0.15) is 0 Å². The normalized spacial score (nSPS) is 48.0. The Morgan fingerprint density at radius 2 is 1.96 bits per heavy atom. The Labute approximate surface area is 150 Å². The predicted molar refractivity (Wildman–Crippen MR) is 92.8 cm³/mol. The molecule has 5 atom stereocenters. The Bertz CT molecular complexity index is 619. The lowest BCUT2D eigenvalue weighted by Gasteiger charge is -2.58. The highest BCUT2D eigenvalue weighted by atomic mass is 16.7. The molecule has 4 aliphatic carbocycles. The number of aliphatic hydroxyl groups is 1. The van der Waals surface area contributed by atoms with E-state index in [0.717, 1.165) is 51.4 Å². The van der Waals surface area contributed by atoms with Crippen molar-refractivity contribution >= 4 is 5.78 Å². The predicted octanol–water partition coefficient (Wildman–Crippen LogP) is 3.23. The number of fused-ring (bicyclic) bond motifs is 5. The average molecular weight is 346 g/mol. The third kappa shape index (κ3) is 2.08. The molecule has 1 aliphatic heterocycles. The molecule has 0 amide bonds. The lowest BCUT2D eigenvalue weighted by molar-refractivity contribution is -0.190. The quantitative estimate of drug-likeness (QED) is 0.741. The SMILES string of the molecule is C[C@]12CC[C@H]3[C@@H](CC=C4CC5(CC[C@@]43CO)OCCO5)[C@@H]1CCC2=O. The van der Waals surface area contributed by atoms with Gasteiger partial charge >= 0.3 is 0 Å². The number of carbonyl (C=O) groups excluding carboxylic acids is 1. The molecular weight excluding hydrogens is 316 g/mol. The van der Waals surface area contributed by atoms with Crippen molar-refractivity contribution in [3.63, 3.8) is 0 Å². The summed E-state index contributed by atoms with van der Waals surface area (Å²) in [5, 5.41) is 10.5. The van der Waals surface area contributed by atoms with Crippen LogP contribution >= 0.6 is 0 Å². The van der Waals surface area contributed by atoms with E-state index in [1.807, 2.05) is 0 Å². The van der Waals surface area contributed by atoms with E-state index in [1.54, 1.807) is 0 Å². The molecule has 3 saturated carbocycles. The number of aliphatic hydroxyl groups excluding tert-OH is 1. The van der Waals surface area contributed by atoms with Gasteiger partial charge in [0.05, 0.1) is 19.8 Å². The molecule has 1 saturated heterocycles. The van der Waals surface area contributed by atoms with E-state index < -0.39 is 5.79 Å². The van der Waals surface area contributed by atoms with E-state index in [-0.39, 0.29) is 17.4 Å². The third-order valence-corrected chi connectivity index (χ3v) is 8.64. The minimum Gasteiger partial charge on any atom is -0.395 e. The number of rotatable bonds is 1. The summed E-state index contributed by atoms with van der Waals surface area (Å²) in [7, 11) is 0. The van der Waals surface area contributed by atoms with Crippen LogP contribution in [-0.2, 0) is 14.3 Å². The summed E-state index contributed by atoms with van der Waals surface area (Å²) >= 11 is 0. The van der Waals surface area contributed by atoms with Gasteiger partial charge in [-0.15, -0.1) is 0 Å². The van der Waals surface area contributed by atoms with Crippen molar-refractivity contribution in [3.8, 4) is 0 Å². The first-order valence-electron chi connectivity index (χ1n) is 10.1. The Morgan fingerprint density at radius 3 is 2.72 bits per heavy atom. The second kappa shape index (κ2) is 5.40. The van der Waals surface area contributed by atoms with E-state index >= 15 is 0 Å². The maximum absolute atomic E-state index is 12.5. The zero-order valence-corrected chi connectivity index (χ0v) is 15.3. The molecule has 4 heteroatoms. The van der Waals surface area contributed by atoms with Gasteiger partial charge in [-0.3, -0.25) is 4.79 Å².